The summed E-state index contributed by atoms with van der Waals surface area (Å²) in [4.78, 5) is 0. The summed E-state index contributed by atoms with van der Waals surface area (Å²) in [5.74, 6) is 0.918. The van der Waals surface area contributed by atoms with Crippen LogP contribution in [-0.4, -0.2) is 21.0 Å². The highest BCUT2D eigenvalue weighted by molar-refractivity contribution is 6.74. The van der Waals surface area contributed by atoms with Gasteiger partial charge in [-0.15, -0.1) is 6.58 Å². The summed E-state index contributed by atoms with van der Waals surface area (Å²) < 4.78 is 13.5. The van der Waals surface area contributed by atoms with Crippen LogP contribution in [0.5, 0.6) is 5.75 Å². The molecule has 0 aliphatic rings. The Bertz CT molecular complexity index is 1270. The van der Waals surface area contributed by atoms with Gasteiger partial charge in [0.2, 0.25) is 0 Å². The molecule has 0 aliphatic heterocycles. The highest BCUT2D eigenvalue weighted by Crippen LogP contribution is 2.43. The first-order chi connectivity index (χ1) is 18.2. The number of ether oxygens (including phenoxy) is 1. The molecule has 4 aromatic carbocycles. The van der Waals surface area contributed by atoms with Crippen molar-refractivity contribution >= 4 is 8.32 Å². The van der Waals surface area contributed by atoms with Gasteiger partial charge in [0.15, 0.2) is 8.32 Å². The molecule has 0 fully saturated rings. The van der Waals surface area contributed by atoms with Crippen LogP contribution in [0.1, 0.15) is 43.4 Å². The Hall–Kier alpha value is -3.40. The molecule has 1 atom stereocenters. The zero-order valence-electron chi connectivity index (χ0n) is 23.4. The number of hydrogen-bond acceptors (Lipinski definition) is 2. The summed E-state index contributed by atoms with van der Waals surface area (Å²) >= 11 is 0. The van der Waals surface area contributed by atoms with Crippen LogP contribution in [0.4, 0.5) is 0 Å². The Morgan fingerprint density at radius 1 is 0.737 bits per heavy atom. The lowest BCUT2D eigenvalue weighted by Crippen LogP contribution is -2.44. The van der Waals surface area contributed by atoms with E-state index in [1.54, 1.807) is 0 Å². The van der Waals surface area contributed by atoms with Crippen LogP contribution in [0.15, 0.2) is 122 Å². The Balaban J connectivity index is 1.81. The maximum atomic E-state index is 6.78. The van der Waals surface area contributed by atoms with Crippen molar-refractivity contribution in [2.45, 2.75) is 50.9 Å². The van der Waals surface area contributed by atoms with E-state index in [4.69, 9.17) is 9.16 Å². The van der Waals surface area contributed by atoms with Crippen LogP contribution in [-0.2, 0) is 4.43 Å². The second-order valence-electron chi connectivity index (χ2n) is 11.3. The van der Waals surface area contributed by atoms with Gasteiger partial charge in [-0.1, -0.05) is 136 Å². The minimum atomic E-state index is -2.00. The monoisotopic (exact) mass is 520 g/mol. The molecule has 0 saturated carbocycles. The molecule has 0 amide bonds. The van der Waals surface area contributed by atoms with E-state index < -0.39 is 8.32 Å². The second kappa shape index (κ2) is 12.0. The van der Waals surface area contributed by atoms with E-state index >= 15 is 0 Å². The number of para-hydroxylation sites is 1. The van der Waals surface area contributed by atoms with E-state index in [0.29, 0.717) is 6.61 Å². The fourth-order valence-corrected chi connectivity index (χ4v) is 5.78. The van der Waals surface area contributed by atoms with Crippen LogP contribution >= 0.6 is 0 Å². The summed E-state index contributed by atoms with van der Waals surface area (Å²) in [5, 5.41) is 0.104. The van der Waals surface area contributed by atoms with Gasteiger partial charge in [0.05, 0.1) is 6.10 Å². The van der Waals surface area contributed by atoms with Gasteiger partial charge in [0.25, 0.3) is 0 Å². The molecule has 0 aromatic heterocycles. The van der Waals surface area contributed by atoms with Crippen LogP contribution < -0.4 is 4.74 Å². The predicted molar refractivity (Wildman–Crippen MR) is 163 cm³/mol. The SMILES string of the molecule is C=CC(COc1c(-c2ccccc2)cccc1C(c1ccccc1)c1ccccc1)O[Si](C)(C)C(C)(C)C. The van der Waals surface area contributed by atoms with Gasteiger partial charge in [0.1, 0.15) is 12.4 Å². The third-order valence-electron chi connectivity index (χ3n) is 7.61. The van der Waals surface area contributed by atoms with E-state index in [1.807, 2.05) is 12.1 Å². The van der Waals surface area contributed by atoms with Gasteiger partial charge in [-0.2, -0.15) is 0 Å². The van der Waals surface area contributed by atoms with E-state index in [9.17, 15) is 0 Å². The van der Waals surface area contributed by atoms with Gasteiger partial charge in [0, 0.05) is 17.0 Å². The van der Waals surface area contributed by atoms with E-state index in [1.165, 1.54) is 11.1 Å². The molecular formula is C35H40O2Si. The molecule has 4 aromatic rings. The van der Waals surface area contributed by atoms with Crippen molar-refractivity contribution in [3.05, 3.63) is 139 Å². The van der Waals surface area contributed by atoms with E-state index in [0.717, 1.165) is 22.4 Å². The molecule has 0 bridgehead atoms. The predicted octanol–water partition coefficient (Wildman–Crippen LogP) is 9.49. The number of benzene rings is 4. The lowest BCUT2D eigenvalue weighted by molar-refractivity contribution is 0.150. The van der Waals surface area contributed by atoms with Crippen molar-refractivity contribution in [1.82, 2.24) is 0 Å². The lowest BCUT2D eigenvalue weighted by atomic mass is 9.83. The summed E-state index contributed by atoms with van der Waals surface area (Å²) in [6.07, 6.45) is 1.69. The summed E-state index contributed by atoms with van der Waals surface area (Å²) in [6, 6.07) is 38.3. The van der Waals surface area contributed by atoms with Gasteiger partial charge in [-0.05, 0) is 34.8 Å². The van der Waals surface area contributed by atoms with Gasteiger partial charge in [-0.25, -0.2) is 0 Å². The average molecular weight is 521 g/mol. The maximum Gasteiger partial charge on any atom is 0.193 e. The molecule has 38 heavy (non-hydrogen) atoms. The Labute approximate surface area is 230 Å². The van der Waals surface area contributed by atoms with Crippen molar-refractivity contribution in [2.24, 2.45) is 0 Å². The average Bonchev–Trinajstić information content (AvgIpc) is 2.92. The first kappa shape index (κ1) is 27.6. The quantitative estimate of drug-likeness (QED) is 0.118. The highest BCUT2D eigenvalue weighted by Gasteiger charge is 2.39. The fourth-order valence-electron chi connectivity index (χ4n) is 4.50. The van der Waals surface area contributed by atoms with Crippen molar-refractivity contribution in [1.29, 1.82) is 0 Å². The molecule has 196 valence electrons. The molecular weight excluding hydrogens is 480 g/mol. The zero-order valence-corrected chi connectivity index (χ0v) is 24.4. The van der Waals surface area contributed by atoms with Crippen molar-refractivity contribution in [3.63, 3.8) is 0 Å². The number of rotatable bonds is 10. The minimum absolute atomic E-state index is 0.0274. The van der Waals surface area contributed by atoms with Crippen LogP contribution in [0, 0.1) is 0 Å². The number of hydrogen-bond donors (Lipinski definition) is 0. The molecule has 1 unspecified atom stereocenters. The molecule has 0 N–H and O–H groups in total. The van der Waals surface area contributed by atoms with E-state index in [2.05, 4.69) is 144 Å². The topological polar surface area (TPSA) is 18.5 Å². The molecule has 0 spiro atoms. The summed E-state index contributed by atoms with van der Waals surface area (Å²) in [6.45, 7) is 15.8. The molecule has 0 radical (unpaired) electrons. The lowest BCUT2D eigenvalue weighted by Gasteiger charge is -2.38. The van der Waals surface area contributed by atoms with E-state index in [-0.39, 0.29) is 17.1 Å². The first-order valence-electron chi connectivity index (χ1n) is 13.4. The zero-order chi connectivity index (χ0) is 27.2. The largest absolute Gasteiger partial charge is 0.490 e. The molecule has 0 heterocycles. The molecule has 4 rings (SSSR count). The summed E-state index contributed by atoms with van der Waals surface area (Å²) in [7, 11) is -2.00. The Kier molecular flexibility index (Phi) is 8.71. The van der Waals surface area contributed by atoms with Gasteiger partial charge in [-0.3, -0.25) is 0 Å². The third-order valence-corrected chi connectivity index (χ3v) is 12.1. The van der Waals surface area contributed by atoms with Crippen molar-refractivity contribution < 1.29 is 9.16 Å². The molecule has 0 saturated heterocycles. The first-order valence-corrected chi connectivity index (χ1v) is 16.3. The van der Waals surface area contributed by atoms with Crippen LogP contribution in [0.3, 0.4) is 0 Å². The Morgan fingerprint density at radius 2 is 1.26 bits per heavy atom. The van der Waals surface area contributed by atoms with Crippen LogP contribution in [0.25, 0.3) is 11.1 Å². The maximum absolute atomic E-state index is 6.78. The van der Waals surface area contributed by atoms with Gasteiger partial charge < -0.3 is 9.16 Å². The van der Waals surface area contributed by atoms with Crippen molar-refractivity contribution in [2.75, 3.05) is 6.61 Å². The smallest absolute Gasteiger partial charge is 0.193 e. The highest BCUT2D eigenvalue weighted by atomic mass is 28.4. The van der Waals surface area contributed by atoms with Gasteiger partial charge >= 0.3 is 0 Å². The molecule has 0 aliphatic carbocycles. The normalized spacial score (nSPS) is 12.8. The standard InChI is InChI=1S/C35H40O2Si/c1-7-30(37-38(5,6)35(2,3)4)26-36-34-31(27-18-11-8-12-19-27)24-17-25-32(34)33(28-20-13-9-14-21-28)29-22-15-10-16-23-29/h7-25,30,33H,1,26H2,2-6H3. The van der Waals surface area contributed by atoms with Crippen molar-refractivity contribution in [3.8, 4) is 16.9 Å². The second-order valence-corrected chi connectivity index (χ2v) is 16.1. The van der Waals surface area contributed by atoms with Crippen LogP contribution in [0.2, 0.25) is 18.1 Å². The minimum Gasteiger partial charge on any atom is -0.490 e. The Morgan fingerprint density at radius 3 is 1.76 bits per heavy atom. The summed E-state index contributed by atoms with van der Waals surface area (Å²) in [5.41, 5.74) is 5.80. The third kappa shape index (κ3) is 6.35. The fraction of sp³-hybridized carbons (Fsp3) is 0.257. The molecule has 3 heteroatoms. The molecule has 2 nitrogen and oxygen atoms in total.